The first-order chi connectivity index (χ1) is 9.13. The Morgan fingerprint density at radius 2 is 2.00 bits per heavy atom. The van der Waals surface area contributed by atoms with Gasteiger partial charge >= 0.3 is 0 Å². The van der Waals surface area contributed by atoms with E-state index in [4.69, 9.17) is 0 Å². The molecule has 1 heterocycles. The lowest BCUT2D eigenvalue weighted by molar-refractivity contribution is 0.543. The summed E-state index contributed by atoms with van der Waals surface area (Å²) in [6.07, 6.45) is 3.37. The predicted octanol–water partition coefficient (Wildman–Crippen LogP) is 3.37. The molecule has 0 radical (unpaired) electrons. The Morgan fingerprint density at radius 3 is 2.68 bits per heavy atom. The van der Waals surface area contributed by atoms with E-state index >= 15 is 0 Å². The zero-order chi connectivity index (χ0) is 13.8. The number of hydrogen-bond acceptors (Lipinski definition) is 2. The first kappa shape index (κ1) is 13.6. The molecule has 0 spiro atoms. The lowest BCUT2D eigenvalue weighted by Crippen LogP contribution is -2.24. The second kappa shape index (κ2) is 5.89. The monoisotopic (exact) mass is 262 g/mol. The molecule has 100 valence electrons. The molecule has 0 aliphatic rings. The Morgan fingerprint density at radius 1 is 1.21 bits per heavy atom. The molecule has 1 atom stereocenters. The summed E-state index contributed by atoms with van der Waals surface area (Å²) in [6, 6.07) is 4.97. The van der Waals surface area contributed by atoms with Crippen molar-refractivity contribution in [1.29, 1.82) is 0 Å². The maximum Gasteiger partial charge on any atom is 0.128 e. The van der Waals surface area contributed by atoms with Crippen molar-refractivity contribution in [2.45, 2.75) is 19.9 Å². The molecule has 0 saturated carbocycles. The standard InChI is InChI=1S/C15H16F2N2/c1-3-19-15(13-9-18-7-6-10(13)2)12-8-11(16)4-5-14(12)17/h4-9,15,19H,3H2,1-2H3. The minimum Gasteiger partial charge on any atom is -0.306 e. The molecule has 1 unspecified atom stereocenters. The first-order valence-electron chi connectivity index (χ1n) is 6.22. The highest BCUT2D eigenvalue weighted by Crippen LogP contribution is 2.26. The summed E-state index contributed by atoms with van der Waals surface area (Å²) in [4.78, 5) is 4.07. The second-order valence-corrected chi connectivity index (χ2v) is 4.39. The Labute approximate surface area is 111 Å². The van der Waals surface area contributed by atoms with Crippen LogP contribution in [0.3, 0.4) is 0 Å². The molecule has 1 N–H and O–H groups in total. The molecule has 0 bridgehead atoms. The first-order valence-corrected chi connectivity index (χ1v) is 6.22. The van der Waals surface area contributed by atoms with Crippen LogP contribution in [0.1, 0.15) is 29.7 Å². The molecule has 0 saturated heterocycles. The Hall–Kier alpha value is -1.81. The fraction of sp³-hybridized carbons (Fsp3) is 0.267. The number of pyridine rings is 1. The van der Waals surface area contributed by atoms with Crippen molar-refractivity contribution in [3.8, 4) is 0 Å². The topological polar surface area (TPSA) is 24.9 Å². The largest absolute Gasteiger partial charge is 0.306 e. The van der Waals surface area contributed by atoms with E-state index < -0.39 is 17.7 Å². The number of nitrogens with one attached hydrogen (secondary N) is 1. The molecule has 2 aromatic rings. The van der Waals surface area contributed by atoms with Crippen molar-refractivity contribution in [1.82, 2.24) is 10.3 Å². The van der Waals surface area contributed by atoms with Gasteiger partial charge in [0.15, 0.2) is 0 Å². The van der Waals surface area contributed by atoms with Gasteiger partial charge in [0.25, 0.3) is 0 Å². The third-order valence-electron chi connectivity index (χ3n) is 3.07. The van der Waals surface area contributed by atoms with Crippen LogP contribution < -0.4 is 5.32 Å². The van der Waals surface area contributed by atoms with Gasteiger partial charge in [0.1, 0.15) is 11.6 Å². The SMILES string of the molecule is CCNC(c1cnccc1C)c1cc(F)ccc1F. The van der Waals surface area contributed by atoms with Crippen LogP contribution in [0.15, 0.2) is 36.7 Å². The molecule has 2 nitrogen and oxygen atoms in total. The predicted molar refractivity (Wildman–Crippen MR) is 70.9 cm³/mol. The van der Waals surface area contributed by atoms with Gasteiger partial charge in [-0.05, 0) is 48.9 Å². The normalized spacial score (nSPS) is 12.4. The summed E-state index contributed by atoms with van der Waals surface area (Å²) in [7, 11) is 0. The van der Waals surface area contributed by atoms with Crippen molar-refractivity contribution < 1.29 is 8.78 Å². The second-order valence-electron chi connectivity index (χ2n) is 4.39. The van der Waals surface area contributed by atoms with E-state index in [0.717, 1.165) is 23.3 Å². The van der Waals surface area contributed by atoms with Crippen LogP contribution >= 0.6 is 0 Å². The molecular formula is C15H16F2N2. The number of hydrogen-bond donors (Lipinski definition) is 1. The highest BCUT2D eigenvalue weighted by atomic mass is 19.1. The summed E-state index contributed by atoms with van der Waals surface area (Å²) in [5.74, 6) is -0.864. The van der Waals surface area contributed by atoms with Gasteiger partial charge in [-0.2, -0.15) is 0 Å². The average molecular weight is 262 g/mol. The maximum absolute atomic E-state index is 13.9. The molecule has 2 rings (SSSR count). The van der Waals surface area contributed by atoms with Gasteiger partial charge in [-0.1, -0.05) is 6.92 Å². The minimum atomic E-state index is -0.444. The van der Waals surface area contributed by atoms with Crippen molar-refractivity contribution in [2.75, 3.05) is 6.54 Å². The number of aromatic nitrogens is 1. The molecule has 0 fully saturated rings. The summed E-state index contributed by atoms with van der Waals surface area (Å²) < 4.78 is 27.3. The van der Waals surface area contributed by atoms with Crippen LogP contribution in [0.25, 0.3) is 0 Å². The van der Waals surface area contributed by atoms with E-state index in [-0.39, 0.29) is 0 Å². The summed E-state index contributed by atoms with van der Waals surface area (Å²) in [5.41, 5.74) is 2.15. The van der Waals surface area contributed by atoms with Crippen molar-refractivity contribution >= 4 is 0 Å². The molecule has 4 heteroatoms. The molecule has 0 aliphatic carbocycles. The van der Waals surface area contributed by atoms with Gasteiger partial charge in [0, 0.05) is 18.0 Å². The van der Waals surface area contributed by atoms with Crippen LogP contribution in [0.5, 0.6) is 0 Å². The number of aryl methyl sites for hydroxylation is 1. The van der Waals surface area contributed by atoms with Gasteiger partial charge < -0.3 is 5.32 Å². The molecule has 1 aromatic heterocycles. The maximum atomic E-state index is 13.9. The Balaban J connectivity index is 2.51. The zero-order valence-electron chi connectivity index (χ0n) is 11.0. The van der Waals surface area contributed by atoms with Crippen molar-refractivity contribution in [3.63, 3.8) is 0 Å². The van der Waals surface area contributed by atoms with Crippen molar-refractivity contribution in [3.05, 3.63) is 65.0 Å². The van der Waals surface area contributed by atoms with E-state index in [1.165, 1.54) is 6.07 Å². The van der Waals surface area contributed by atoms with Crippen LogP contribution in [0.2, 0.25) is 0 Å². The van der Waals surface area contributed by atoms with Crippen LogP contribution in [0.4, 0.5) is 8.78 Å². The Bertz CT molecular complexity index is 570. The number of benzene rings is 1. The third kappa shape index (κ3) is 2.96. The van der Waals surface area contributed by atoms with Gasteiger partial charge in [0.2, 0.25) is 0 Å². The van der Waals surface area contributed by atoms with Gasteiger partial charge in [-0.3, -0.25) is 4.98 Å². The summed E-state index contributed by atoms with van der Waals surface area (Å²) in [5, 5.41) is 3.18. The fourth-order valence-electron chi connectivity index (χ4n) is 2.11. The third-order valence-corrected chi connectivity index (χ3v) is 3.07. The Kier molecular flexibility index (Phi) is 4.22. The van der Waals surface area contributed by atoms with E-state index in [0.29, 0.717) is 12.1 Å². The zero-order valence-corrected chi connectivity index (χ0v) is 11.0. The number of nitrogens with zero attached hydrogens (tertiary/aromatic N) is 1. The summed E-state index contributed by atoms with van der Waals surface area (Å²) >= 11 is 0. The van der Waals surface area contributed by atoms with E-state index in [1.807, 2.05) is 19.9 Å². The van der Waals surface area contributed by atoms with Gasteiger partial charge in [-0.15, -0.1) is 0 Å². The van der Waals surface area contributed by atoms with Crippen LogP contribution in [-0.2, 0) is 0 Å². The molecule has 0 aliphatic heterocycles. The molecule has 0 amide bonds. The van der Waals surface area contributed by atoms with Crippen LogP contribution in [-0.4, -0.2) is 11.5 Å². The molecule has 19 heavy (non-hydrogen) atoms. The smallest absolute Gasteiger partial charge is 0.128 e. The quantitative estimate of drug-likeness (QED) is 0.913. The van der Waals surface area contributed by atoms with E-state index in [9.17, 15) is 8.78 Å². The lowest BCUT2D eigenvalue weighted by atomic mass is 9.96. The summed E-state index contributed by atoms with van der Waals surface area (Å²) in [6.45, 7) is 4.50. The lowest BCUT2D eigenvalue weighted by Gasteiger charge is -2.21. The average Bonchev–Trinajstić information content (AvgIpc) is 2.40. The van der Waals surface area contributed by atoms with Crippen molar-refractivity contribution in [2.24, 2.45) is 0 Å². The van der Waals surface area contributed by atoms with E-state index in [1.54, 1.807) is 12.4 Å². The van der Waals surface area contributed by atoms with Gasteiger partial charge in [-0.25, -0.2) is 8.78 Å². The molecule has 1 aromatic carbocycles. The van der Waals surface area contributed by atoms with E-state index in [2.05, 4.69) is 10.3 Å². The molecular weight excluding hydrogens is 246 g/mol. The van der Waals surface area contributed by atoms with Crippen LogP contribution in [0, 0.1) is 18.6 Å². The highest BCUT2D eigenvalue weighted by molar-refractivity contribution is 5.35. The highest BCUT2D eigenvalue weighted by Gasteiger charge is 2.19. The number of halogens is 2. The fourth-order valence-corrected chi connectivity index (χ4v) is 2.11. The number of rotatable bonds is 4. The van der Waals surface area contributed by atoms with Gasteiger partial charge in [0.05, 0.1) is 6.04 Å². The minimum absolute atomic E-state index is 0.304.